The lowest BCUT2D eigenvalue weighted by Crippen LogP contribution is -2.22. The lowest BCUT2D eigenvalue weighted by molar-refractivity contribution is 0.269. The molecule has 0 radical (unpaired) electrons. The average Bonchev–Trinajstić information content (AvgIpc) is 2.56. The van der Waals surface area contributed by atoms with E-state index >= 15 is 0 Å². The molecule has 0 saturated carbocycles. The largest absolute Gasteiger partial charge is 0.493 e. The van der Waals surface area contributed by atoms with E-state index in [1.165, 1.54) is 0 Å². The van der Waals surface area contributed by atoms with Crippen LogP contribution in [0.1, 0.15) is 18.9 Å². The van der Waals surface area contributed by atoms with Crippen molar-refractivity contribution in [1.82, 2.24) is 0 Å². The first-order valence-corrected chi connectivity index (χ1v) is 6.92. The summed E-state index contributed by atoms with van der Waals surface area (Å²) < 4.78 is 11.0. The van der Waals surface area contributed by atoms with Crippen molar-refractivity contribution in [3.05, 3.63) is 60.2 Å². The molecule has 0 aliphatic heterocycles. The lowest BCUT2D eigenvalue weighted by Gasteiger charge is -2.22. The predicted molar refractivity (Wildman–Crippen MR) is 82.5 cm³/mol. The Morgan fingerprint density at radius 2 is 1.62 bits per heavy atom. The minimum atomic E-state index is -0.552. The Bertz CT molecular complexity index is 619. The van der Waals surface area contributed by atoms with Crippen LogP contribution < -0.4 is 9.47 Å². The molecule has 0 N–H and O–H groups in total. The standard InChI is InChI=1S/C18H19NO2/c1-18(14-19,15-8-4-3-5-9-15)12-13-21-17-11-7-6-10-16(17)20-2/h3-11H,12-13H2,1-2H3. The minimum absolute atomic E-state index is 0.458. The van der Waals surface area contributed by atoms with Gasteiger partial charge in [-0.1, -0.05) is 42.5 Å². The summed E-state index contributed by atoms with van der Waals surface area (Å²) >= 11 is 0. The molecule has 2 rings (SSSR count). The lowest BCUT2D eigenvalue weighted by atomic mass is 9.81. The van der Waals surface area contributed by atoms with E-state index in [4.69, 9.17) is 9.47 Å². The molecule has 0 aliphatic rings. The van der Waals surface area contributed by atoms with E-state index in [2.05, 4.69) is 6.07 Å². The zero-order valence-corrected chi connectivity index (χ0v) is 12.4. The Labute approximate surface area is 125 Å². The summed E-state index contributed by atoms with van der Waals surface area (Å²) in [7, 11) is 1.62. The molecule has 0 heterocycles. The highest BCUT2D eigenvalue weighted by Crippen LogP contribution is 2.29. The van der Waals surface area contributed by atoms with Crippen molar-refractivity contribution in [1.29, 1.82) is 5.26 Å². The molecule has 108 valence electrons. The van der Waals surface area contributed by atoms with Gasteiger partial charge in [0.15, 0.2) is 11.5 Å². The van der Waals surface area contributed by atoms with Crippen molar-refractivity contribution in [2.45, 2.75) is 18.8 Å². The Balaban J connectivity index is 2.03. The van der Waals surface area contributed by atoms with Crippen molar-refractivity contribution in [3.8, 4) is 17.6 Å². The minimum Gasteiger partial charge on any atom is -0.493 e. The van der Waals surface area contributed by atoms with Crippen molar-refractivity contribution >= 4 is 0 Å². The first kappa shape index (κ1) is 14.9. The zero-order valence-electron chi connectivity index (χ0n) is 12.4. The van der Waals surface area contributed by atoms with Crippen molar-refractivity contribution in [3.63, 3.8) is 0 Å². The third-order valence-electron chi connectivity index (χ3n) is 3.59. The highest BCUT2D eigenvalue weighted by Gasteiger charge is 2.26. The van der Waals surface area contributed by atoms with E-state index in [0.29, 0.717) is 24.5 Å². The first-order chi connectivity index (χ1) is 10.2. The molecule has 0 bridgehead atoms. The second-order valence-corrected chi connectivity index (χ2v) is 5.06. The fraction of sp³-hybridized carbons (Fsp3) is 0.278. The summed E-state index contributed by atoms with van der Waals surface area (Å²) in [4.78, 5) is 0. The Morgan fingerprint density at radius 3 is 2.24 bits per heavy atom. The average molecular weight is 281 g/mol. The van der Waals surface area contributed by atoms with Gasteiger partial charge < -0.3 is 9.47 Å². The molecular formula is C18H19NO2. The van der Waals surface area contributed by atoms with Gasteiger partial charge in [0, 0.05) is 6.42 Å². The number of benzene rings is 2. The molecule has 2 aromatic carbocycles. The fourth-order valence-electron chi connectivity index (χ4n) is 2.17. The molecule has 2 aromatic rings. The predicted octanol–water partition coefficient (Wildman–Crippen LogP) is 3.95. The highest BCUT2D eigenvalue weighted by molar-refractivity contribution is 5.39. The molecular weight excluding hydrogens is 262 g/mol. The molecule has 0 aromatic heterocycles. The molecule has 0 spiro atoms. The van der Waals surface area contributed by atoms with E-state index in [0.717, 1.165) is 5.56 Å². The van der Waals surface area contributed by atoms with Crippen molar-refractivity contribution in [2.24, 2.45) is 0 Å². The number of nitriles is 1. The molecule has 0 fully saturated rings. The summed E-state index contributed by atoms with van der Waals surface area (Å²) in [6, 6.07) is 19.7. The van der Waals surface area contributed by atoms with Crippen LogP contribution in [0.2, 0.25) is 0 Å². The second kappa shape index (κ2) is 6.81. The van der Waals surface area contributed by atoms with E-state index < -0.39 is 5.41 Å². The third kappa shape index (κ3) is 3.55. The summed E-state index contributed by atoms with van der Waals surface area (Å²) in [5.74, 6) is 1.41. The molecule has 21 heavy (non-hydrogen) atoms. The van der Waals surface area contributed by atoms with E-state index in [-0.39, 0.29) is 0 Å². The summed E-state index contributed by atoms with van der Waals surface area (Å²) in [5.41, 5.74) is 0.458. The fourth-order valence-corrected chi connectivity index (χ4v) is 2.17. The van der Waals surface area contributed by atoms with Crippen LogP contribution in [0.5, 0.6) is 11.5 Å². The molecule has 0 amide bonds. The number of rotatable bonds is 6. The van der Waals surface area contributed by atoms with Gasteiger partial charge in [-0.05, 0) is 24.6 Å². The van der Waals surface area contributed by atoms with Gasteiger partial charge in [-0.15, -0.1) is 0 Å². The molecule has 0 saturated heterocycles. The summed E-state index contributed by atoms with van der Waals surface area (Å²) in [6.45, 7) is 2.40. The quantitative estimate of drug-likeness (QED) is 0.805. The summed E-state index contributed by atoms with van der Waals surface area (Å²) in [6.07, 6.45) is 0.617. The Kier molecular flexibility index (Phi) is 4.84. The topological polar surface area (TPSA) is 42.2 Å². The van der Waals surface area contributed by atoms with Crippen LogP contribution in [0.4, 0.5) is 0 Å². The third-order valence-corrected chi connectivity index (χ3v) is 3.59. The van der Waals surface area contributed by atoms with Gasteiger partial charge in [0.05, 0.1) is 25.2 Å². The molecule has 1 atom stereocenters. The number of hydrogen-bond acceptors (Lipinski definition) is 3. The van der Waals surface area contributed by atoms with Gasteiger partial charge in [0.25, 0.3) is 0 Å². The van der Waals surface area contributed by atoms with Crippen LogP contribution in [-0.2, 0) is 5.41 Å². The second-order valence-electron chi connectivity index (χ2n) is 5.06. The van der Waals surface area contributed by atoms with Crippen LogP contribution in [0.3, 0.4) is 0 Å². The van der Waals surface area contributed by atoms with Crippen molar-refractivity contribution in [2.75, 3.05) is 13.7 Å². The van der Waals surface area contributed by atoms with Gasteiger partial charge in [0.2, 0.25) is 0 Å². The van der Waals surface area contributed by atoms with Gasteiger partial charge in [0.1, 0.15) is 0 Å². The first-order valence-electron chi connectivity index (χ1n) is 6.92. The highest BCUT2D eigenvalue weighted by atomic mass is 16.5. The van der Waals surface area contributed by atoms with E-state index in [1.54, 1.807) is 7.11 Å². The number of para-hydroxylation sites is 2. The Hall–Kier alpha value is -2.47. The van der Waals surface area contributed by atoms with Gasteiger partial charge >= 0.3 is 0 Å². The maximum absolute atomic E-state index is 9.51. The molecule has 3 heteroatoms. The van der Waals surface area contributed by atoms with Crippen LogP contribution in [0.25, 0.3) is 0 Å². The maximum atomic E-state index is 9.51. The number of hydrogen-bond donors (Lipinski definition) is 0. The molecule has 3 nitrogen and oxygen atoms in total. The summed E-state index contributed by atoms with van der Waals surface area (Å²) in [5, 5.41) is 9.51. The van der Waals surface area contributed by atoms with Crippen LogP contribution in [-0.4, -0.2) is 13.7 Å². The Morgan fingerprint density at radius 1 is 1.00 bits per heavy atom. The SMILES string of the molecule is COc1ccccc1OCCC(C)(C#N)c1ccccc1. The van der Waals surface area contributed by atoms with Crippen molar-refractivity contribution < 1.29 is 9.47 Å². The number of ether oxygens (including phenoxy) is 2. The molecule has 0 aliphatic carbocycles. The maximum Gasteiger partial charge on any atom is 0.161 e. The van der Waals surface area contributed by atoms with Gasteiger partial charge in [-0.2, -0.15) is 5.26 Å². The number of nitrogens with zero attached hydrogens (tertiary/aromatic N) is 1. The van der Waals surface area contributed by atoms with Crippen LogP contribution in [0.15, 0.2) is 54.6 Å². The smallest absolute Gasteiger partial charge is 0.161 e. The van der Waals surface area contributed by atoms with E-state index in [9.17, 15) is 5.26 Å². The monoisotopic (exact) mass is 281 g/mol. The van der Waals surface area contributed by atoms with Crippen LogP contribution in [0, 0.1) is 11.3 Å². The number of methoxy groups -OCH3 is 1. The van der Waals surface area contributed by atoms with Gasteiger partial charge in [-0.3, -0.25) is 0 Å². The van der Waals surface area contributed by atoms with Crippen LogP contribution >= 0.6 is 0 Å². The zero-order chi connectivity index (χ0) is 15.1. The van der Waals surface area contributed by atoms with E-state index in [1.807, 2.05) is 61.5 Å². The normalized spacial score (nSPS) is 13.0. The van der Waals surface area contributed by atoms with Gasteiger partial charge in [-0.25, -0.2) is 0 Å². The molecule has 1 unspecified atom stereocenters.